The average molecular weight is 452 g/mol. The third-order valence-corrected chi connectivity index (χ3v) is 6.00. The monoisotopic (exact) mass is 451 g/mol. The van der Waals surface area contributed by atoms with Crippen molar-refractivity contribution in [2.75, 3.05) is 0 Å². The van der Waals surface area contributed by atoms with Gasteiger partial charge in [-0.25, -0.2) is 0 Å². The van der Waals surface area contributed by atoms with Crippen molar-refractivity contribution in [3.63, 3.8) is 0 Å². The summed E-state index contributed by atoms with van der Waals surface area (Å²) in [6.45, 7) is 5.75. The van der Waals surface area contributed by atoms with Crippen LogP contribution in [0.15, 0.2) is 71.9 Å². The summed E-state index contributed by atoms with van der Waals surface area (Å²) in [4.78, 5) is 4.25. The number of halogens is 4. The topological polar surface area (TPSA) is 33.1 Å². The zero-order valence-corrected chi connectivity index (χ0v) is 18.2. The summed E-state index contributed by atoms with van der Waals surface area (Å²) < 4.78 is 37.6. The summed E-state index contributed by atoms with van der Waals surface area (Å²) in [7, 11) is 0. The third kappa shape index (κ3) is 4.66. The molecule has 0 aliphatic rings. The molecule has 1 aromatic heterocycles. The van der Waals surface area contributed by atoms with Crippen molar-refractivity contribution >= 4 is 23.4 Å². The van der Waals surface area contributed by atoms with Crippen LogP contribution in [0.25, 0.3) is 11.1 Å². The lowest BCUT2D eigenvalue weighted by Crippen LogP contribution is -2.41. The summed E-state index contributed by atoms with van der Waals surface area (Å²) in [6.07, 6.45) is 3.25. The molecular weight excluding hydrogens is 431 g/mol. The number of hydrogen-bond donors (Lipinski definition) is 1. The fraction of sp³-hybridized carbons (Fsp3) is 0.261. The number of aliphatic hydroxyl groups is 1. The second-order valence-electron chi connectivity index (χ2n) is 7.97. The predicted octanol–water partition coefficient (Wildman–Crippen LogP) is 7.30. The maximum Gasteiger partial charge on any atom is 0.446 e. The van der Waals surface area contributed by atoms with Crippen LogP contribution in [0, 0.1) is 5.41 Å². The SMILES string of the molecule is CC(C)(C)C(O)(c1cccnc1)c1ccc(-c2ccc(SC(F)(F)F)cc2)cc1Cl. The number of pyridine rings is 1. The van der Waals surface area contributed by atoms with Crippen molar-refractivity contribution in [3.8, 4) is 11.1 Å². The molecule has 3 rings (SSSR count). The van der Waals surface area contributed by atoms with E-state index in [2.05, 4.69) is 4.98 Å². The Balaban J connectivity index is 2.00. The van der Waals surface area contributed by atoms with Gasteiger partial charge < -0.3 is 5.11 Å². The number of rotatable bonds is 4. The molecule has 1 unspecified atom stereocenters. The predicted molar refractivity (Wildman–Crippen MR) is 115 cm³/mol. The van der Waals surface area contributed by atoms with Gasteiger partial charge in [-0.05, 0) is 52.6 Å². The van der Waals surface area contributed by atoms with Gasteiger partial charge in [-0.3, -0.25) is 4.98 Å². The van der Waals surface area contributed by atoms with Crippen LogP contribution >= 0.6 is 23.4 Å². The number of benzene rings is 2. The second kappa shape index (κ2) is 8.25. The molecule has 1 N–H and O–H groups in total. The van der Waals surface area contributed by atoms with Gasteiger partial charge in [-0.1, -0.05) is 62.7 Å². The third-order valence-electron chi connectivity index (χ3n) is 4.94. The van der Waals surface area contributed by atoms with E-state index in [0.29, 0.717) is 16.1 Å². The molecule has 0 saturated carbocycles. The smallest absolute Gasteiger partial charge is 0.380 e. The molecular formula is C23H21ClF3NOS. The molecule has 0 spiro atoms. The Morgan fingerprint density at radius 2 is 1.57 bits per heavy atom. The number of hydrogen-bond acceptors (Lipinski definition) is 3. The van der Waals surface area contributed by atoms with Crippen molar-refractivity contribution in [3.05, 3.63) is 83.1 Å². The largest absolute Gasteiger partial charge is 0.446 e. The molecule has 0 bridgehead atoms. The van der Waals surface area contributed by atoms with Gasteiger partial charge in [0.1, 0.15) is 5.60 Å². The highest BCUT2D eigenvalue weighted by atomic mass is 35.5. The fourth-order valence-electron chi connectivity index (χ4n) is 3.41. The minimum atomic E-state index is -4.32. The zero-order valence-electron chi connectivity index (χ0n) is 16.7. The lowest BCUT2D eigenvalue weighted by Gasteiger charge is -2.41. The van der Waals surface area contributed by atoms with Gasteiger partial charge >= 0.3 is 5.51 Å². The van der Waals surface area contributed by atoms with E-state index in [1.807, 2.05) is 20.8 Å². The van der Waals surface area contributed by atoms with Crippen molar-refractivity contribution in [1.29, 1.82) is 0 Å². The van der Waals surface area contributed by atoms with E-state index >= 15 is 0 Å². The van der Waals surface area contributed by atoms with E-state index < -0.39 is 16.5 Å². The van der Waals surface area contributed by atoms with Gasteiger partial charge in [0.15, 0.2) is 0 Å². The number of thioether (sulfide) groups is 1. The second-order valence-corrected chi connectivity index (χ2v) is 9.51. The van der Waals surface area contributed by atoms with Gasteiger partial charge in [0.25, 0.3) is 0 Å². The lowest BCUT2D eigenvalue weighted by atomic mass is 9.68. The molecule has 2 aromatic carbocycles. The Morgan fingerprint density at radius 1 is 0.933 bits per heavy atom. The highest BCUT2D eigenvalue weighted by molar-refractivity contribution is 8.00. The van der Waals surface area contributed by atoms with Gasteiger partial charge in [0.05, 0.1) is 0 Å². The van der Waals surface area contributed by atoms with Gasteiger partial charge in [-0.15, -0.1) is 0 Å². The van der Waals surface area contributed by atoms with E-state index in [1.165, 1.54) is 12.1 Å². The van der Waals surface area contributed by atoms with Gasteiger partial charge in [0.2, 0.25) is 0 Å². The lowest BCUT2D eigenvalue weighted by molar-refractivity contribution is -0.0328. The molecule has 0 radical (unpaired) electrons. The van der Waals surface area contributed by atoms with E-state index in [0.717, 1.165) is 11.1 Å². The van der Waals surface area contributed by atoms with Crippen LogP contribution in [0.3, 0.4) is 0 Å². The van der Waals surface area contributed by atoms with E-state index in [-0.39, 0.29) is 16.7 Å². The number of nitrogens with zero attached hydrogens (tertiary/aromatic N) is 1. The first-order chi connectivity index (χ1) is 13.9. The summed E-state index contributed by atoms with van der Waals surface area (Å²) >= 11 is 6.45. The summed E-state index contributed by atoms with van der Waals surface area (Å²) in [5.41, 5.74) is -3.65. The van der Waals surface area contributed by atoms with Crippen molar-refractivity contribution in [2.45, 2.75) is 36.8 Å². The van der Waals surface area contributed by atoms with Crippen LogP contribution < -0.4 is 0 Å². The Bertz CT molecular complexity index is 1020. The molecule has 0 amide bonds. The molecule has 0 aliphatic carbocycles. The van der Waals surface area contributed by atoms with Crippen molar-refractivity contribution in [1.82, 2.24) is 4.98 Å². The zero-order chi connectivity index (χ0) is 22.2. The maximum atomic E-state index is 12.5. The number of aromatic nitrogens is 1. The average Bonchev–Trinajstić information content (AvgIpc) is 2.66. The minimum absolute atomic E-state index is 0.118. The Kier molecular flexibility index (Phi) is 6.23. The fourth-order valence-corrected chi connectivity index (χ4v) is 4.26. The first-order valence-electron chi connectivity index (χ1n) is 9.21. The Morgan fingerprint density at radius 3 is 2.07 bits per heavy atom. The molecule has 7 heteroatoms. The first-order valence-corrected chi connectivity index (χ1v) is 10.4. The van der Waals surface area contributed by atoms with Gasteiger partial charge in [0, 0.05) is 33.4 Å². The maximum absolute atomic E-state index is 12.5. The van der Waals surface area contributed by atoms with Crippen LogP contribution in [-0.4, -0.2) is 15.6 Å². The summed E-state index contributed by atoms with van der Waals surface area (Å²) in [5.74, 6) is 0. The van der Waals surface area contributed by atoms with Crippen LogP contribution in [-0.2, 0) is 5.60 Å². The standard InChI is InChI=1S/C23H21ClF3NOS/c1-21(2,3)22(29,17-5-4-12-28-14-17)19-11-8-16(13-20(19)24)15-6-9-18(10-7-15)30-23(25,26)27/h4-14,29H,1-3H3. The Labute approximate surface area is 183 Å². The van der Waals surface area contributed by atoms with Crippen LogP contribution in [0.2, 0.25) is 5.02 Å². The van der Waals surface area contributed by atoms with Gasteiger partial charge in [-0.2, -0.15) is 13.2 Å². The molecule has 2 nitrogen and oxygen atoms in total. The van der Waals surface area contributed by atoms with Crippen molar-refractivity contribution < 1.29 is 18.3 Å². The molecule has 0 fully saturated rings. The number of alkyl halides is 3. The quantitative estimate of drug-likeness (QED) is 0.422. The van der Waals surface area contributed by atoms with Crippen LogP contribution in [0.4, 0.5) is 13.2 Å². The normalized spacial score (nSPS) is 14.4. The molecule has 0 aliphatic heterocycles. The molecule has 30 heavy (non-hydrogen) atoms. The van der Waals surface area contributed by atoms with Crippen LogP contribution in [0.1, 0.15) is 31.9 Å². The molecule has 1 heterocycles. The molecule has 158 valence electrons. The molecule has 0 saturated heterocycles. The highest BCUT2D eigenvalue weighted by Crippen LogP contribution is 2.47. The molecule has 3 aromatic rings. The summed E-state index contributed by atoms with van der Waals surface area (Å²) in [5, 5.41) is 12.1. The minimum Gasteiger partial charge on any atom is -0.380 e. The van der Waals surface area contributed by atoms with E-state index in [9.17, 15) is 18.3 Å². The Hall–Kier alpha value is -2.02. The van der Waals surface area contributed by atoms with Crippen molar-refractivity contribution in [2.24, 2.45) is 5.41 Å². The van der Waals surface area contributed by atoms with E-state index in [4.69, 9.17) is 11.6 Å². The molecule has 1 atom stereocenters. The highest BCUT2D eigenvalue weighted by Gasteiger charge is 2.44. The first kappa shape index (κ1) is 22.7. The van der Waals surface area contributed by atoms with Crippen LogP contribution in [0.5, 0.6) is 0 Å². The summed E-state index contributed by atoms with van der Waals surface area (Å²) in [6, 6.07) is 14.9. The van der Waals surface area contributed by atoms with E-state index in [1.54, 1.807) is 54.9 Å².